The number of nitrogens with zero attached hydrogens (tertiary/aromatic N) is 1. The van der Waals surface area contributed by atoms with Crippen molar-refractivity contribution in [3.05, 3.63) is 0 Å². The van der Waals surface area contributed by atoms with Gasteiger partial charge in [-0.25, -0.2) is 0 Å². The highest BCUT2D eigenvalue weighted by atomic mass is 16.2. The van der Waals surface area contributed by atoms with E-state index in [0.29, 0.717) is 19.4 Å². The van der Waals surface area contributed by atoms with Crippen LogP contribution in [0.1, 0.15) is 96.8 Å². The molecule has 140 valence electrons. The lowest BCUT2D eigenvalue weighted by Crippen LogP contribution is -2.30. The van der Waals surface area contributed by atoms with E-state index in [1.54, 1.807) is 0 Å². The Hall–Kier alpha value is -1.06. The minimum Gasteiger partial charge on any atom is -0.356 e. The SMILES string of the molecule is CCCCCCCCCCCCC(=O)NCCCN1CCCC1=O. The highest BCUT2D eigenvalue weighted by Gasteiger charge is 2.18. The zero-order chi connectivity index (χ0) is 17.5. The molecule has 0 atom stereocenters. The van der Waals surface area contributed by atoms with E-state index in [0.717, 1.165) is 32.4 Å². The molecule has 0 unspecified atom stereocenters. The number of likely N-dealkylation sites (tertiary alicyclic amines) is 1. The third kappa shape index (κ3) is 10.7. The van der Waals surface area contributed by atoms with Crippen molar-refractivity contribution in [2.75, 3.05) is 19.6 Å². The van der Waals surface area contributed by atoms with Gasteiger partial charge in [0.1, 0.15) is 0 Å². The molecule has 2 amide bonds. The van der Waals surface area contributed by atoms with E-state index in [9.17, 15) is 9.59 Å². The molecule has 0 spiro atoms. The van der Waals surface area contributed by atoms with Gasteiger partial charge in [-0.2, -0.15) is 0 Å². The monoisotopic (exact) mass is 338 g/mol. The fourth-order valence-corrected chi connectivity index (χ4v) is 3.30. The van der Waals surface area contributed by atoms with E-state index < -0.39 is 0 Å². The van der Waals surface area contributed by atoms with Crippen molar-refractivity contribution in [2.45, 2.75) is 96.8 Å². The predicted molar refractivity (Wildman–Crippen MR) is 99.9 cm³/mol. The third-order valence-electron chi connectivity index (χ3n) is 4.86. The van der Waals surface area contributed by atoms with E-state index in [2.05, 4.69) is 12.2 Å². The van der Waals surface area contributed by atoms with Crippen LogP contribution < -0.4 is 5.32 Å². The molecule has 0 aliphatic carbocycles. The molecule has 1 fully saturated rings. The molecule has 1 rings (SSSR count). The van der Waals surface area contributed by atoms with Crippen molar-refractivity contribution in [3.8, 4) is 0 Å². The lowest BCUT2D eigenvalue weighted by atomic mass is 10.1. The van der Waals surface area contributed by atoms with E-state index in [1.807, 2.05) is 4.90 Å². The first-order valence-electron chi connectivity index (χ1n) is 10.3. The molecule has 1 heterocycles. The smallest absolute Gasteiger partial charge is 0.222 e. The van der Waals surface area contributed by atoms with Crippen LogP contribution in [-0.2, 0) is 9.59 Å². The lowest BCUT2D eigenvalue weighted by molar-refractivity contribution is -0.127. The second kappa shape index (κ2) is 14.3. The molecule has 0 aromatic heterocycles. The lowest BCUT2D eigenvalue weighted by Gasteiger charge is -2.15. The van der Waals surface area contributed by atoms with Gasteiger partial charge in [0, 0.05) is 32.5 Å². The minimum absolute atomic E-state index is 0.169. The van der Waals surface area contributed by atoms with Crippen molar-refractivity contribution in [2.24, 2.45) is 0 Å². The van der Waals surface area contributed by atoms with Crippen LogP contribution in [0.4, 0.5) is 0 Å². The maximum Gasteiger partial charge on any atom is 0.222 e. The molecule has 1 aliphatic heterocycles. The number of rotatable bonds is 15. The number of carbonyl (C=O) groups is 2. The van der Waals surface area contributed by atoms with E-state index >= 15 is 0 Å². The maximum absolute atomic E-state index is 11.7. The van der Waals surface area contributed by atoms with Crippen LogP contribution >= 0.6 is 0 Å². The van der Waals surface area contributed by atoms with Gasteiger partial charge in [-0.15, -0.1) is 0 Å². The summed E-state index contributed by atoms with van der Waals surface area (Å²) < 4.78 is 0. The van der Waals surface area contributed by atoms with Gasteiger partial charge in [-0.1, -0.05) is 64.7 Å². The number of hydrogen-bond acceptors (Lipinski definition) is 2. The summed E-state index contributed by atoms with van der Waals surface area (Å²) >= 11 is 0. The maximum atomic E-state index is 11.7. The van der Waals surface area contributed by atoms with Crippen LogP contribution in [0.2, 0.25) is 0 Å². The number of unbranched alkanes of at least 4 members (excludes halogenated alkanes) is 9. The summed E-state index contributed by atoms with van der Waals surface area (Å²) in [6.07, 6.45) is 16.2. The first-order valence-corrected chi connectivity index (χ1v) is 10.3. The molecule has 1 aliphatic rings. The van der Waals surface area contributed by atoms with Gasteiger partial charge >= 0.3 is 0 Å². The summed E-state index contributed by atoms with van der Waals surface area (Å²) in [5.74, 6) is 0.439. The molecule has 1 saturated heterocycles. The van der Waals surface area contributed by atoms with Crippen LogP contribution in [0.3, 0.4) is 0 Å². The summed E-state index contributed by atoms with van der Waals surface area (Å²) in [7, 11) is 0. The molecule has 0 aromatic rings. The molecule has 1 N–H and O–H groups in total. The van der Waals surface area contributed by atoms with Crippen LogP contribution in [-0.4, -0.2) is 36.3 Å². The van der Waals surface area contributed by atoms with Crippen LogP contribution in [0, 0.1) is 0 Å². The first kappa shape index (κ1) is 21.0. The zero-order valence-corrected chi connectivity index (χ0v) is 15.8. The van der Waals surface area contributed by atoms with Gasteiger partial charge in [0.05, 0.1) is 0 Å². The average molecular weight is 339 g/mol. The Morgan fingerprint density at radius 1 is 0.958 bits per heavy atom. The molecule has 24 heavy (non-hydrogen) atoms. The van der Waals surface area contributed by atoms with Gasteiger partial charge in [-0.05, 0) is 19.3 Å². The van der Waals surface area contributed by atoms with Crippen molar-refractivity contribution < 1.29 is 9.59 Å². The summed E-state index contributed by atoms with van der Waals surface area (Å²) in [5.41, 5.74) is 0. The number of amides is 2. The number of carbonyl (C=O) groups excluding carboxylic acids is 2. The molecule has 0 radical (unpaired) electrons. The van der Waals surface area contributed by atoms with Crippen molar-refractivity contribution >= 4 is 11.8 Å². The van der Waals surface area contributed by atoms with Crippen molar-refractivity contribution in [3.63, 3.8) is 0 Å². The predicted octanol–water partition coefficient (Wildman–Crippen LogP) is 4.43. The van der Waals surface area contributed by atoms with Gasteiger partial charge in [0.2, 0.25) is 11.8 Å². The molecular formula is C20H38N2O2. The first-order chi connectivity index (χ1) is 11.7. The van der Waals surface area contributed by atoms with Gasteiger partial charge in [-0.3, -0.25) is 9.59 Å². The Kier molecular flexibility index (Phi) is 12.5. The number of nitrogens with one attached hydrogen (secondary N) is 1. The fraction of sp³-hybridized carbons (Fsp3) is 0.900. The van der Waals surface area contributed by atoms with Gasteiger partial charge in [0.25, 0.3) is 0 Å². The second-order valence-corrected chi connectivity index (χ2v) is 7.12. The normalized spacial score (nSPS) is 14.4. The van der Waals surface area contributed by atoms with Crippen molar-refractivity contribution in [1.29, 1.82) is 0 Å². The largest absolute Gasteiger partial charge is 0.356 e. The Balaban J connectivity index is 1.80. The molecule has 4 nitrogen and oxygen atoms in total. The zero-order valence-electron chi connectivity index (χ0n) is 15.8. The topological polar surface area (TPSA) is 49.4 Å². The van der Waals surface area contributed by atoms with Gasteiger partial charge in [0.15, 0.2) is 0 Å². The Labute approximate surface area is 148 Å². The molecular weight excluding hydrogens is 300 g/mol. The molecule has 0 saturated carbocycles. The summed E-state index contributed by atoms with van der Waals surface area (Å²) in [6.45, 7) is 4.63. The van der Waals surface area contributed by atoms with Crippen LogP contribution in [0.25, 0.3) is 0 Å². The third-order valence-corrected chi connectivity index (χ3v) is 4.86. The Morgan fingerprint density at radius 2 is 1.58 bits per heavy atom. The highest BCUT2D eigenvalue weighted by Crippen LogP contribution is 2.11. The van der Waals surface area contributed by atoms with E-state index in [1.165, 1.54) is 57.8 Å². The van der Waals surface area contributed by atoms with E-state index in [-0.39, 0.29) is 11.8 Å². The number of hydrogen-bond donors (Lipinski definition) is 1. The Bertz CT molecular complexity index is 345. The minimum atomic E-state index is 0.169. The van der Waals surface area contributed by atoms with Gasteiger partial charge < -0.3 is 10.2 Å². The van der Waals surface area contributed by atoms with Crippen molar-refractivity contribution in [1.82, 2.24) is 10.2 Å². The summed E-state index contributed by atoms with van der Waals surface area (Å²) in [4.78, 5) is 25.1. The quantitative estimate of drug-likeness (QED) is 0.449. The van der Waals surface area contributed by atoms with E-state index in [4.69, 9.17) is 0 Å². The Morgan fingerprint density at radius 3 is 2.17 bits per heavy atom. The fourth-order valence-electron chi connectivity index (χ4n) is 3.30. The molecule has 0 bridgehead atoms. The summed E-state index contributed by atoms with van der Waals surface area (Å²) in [6, 6.07) is 0. The summed E-state index contributed by atoms with van der Waals surface area (Å²) in [5, 5.41) is 2.98. The standard InChI is InChI=1S/C20H38N2O2/c1-2-3-4-5-6-7-8-9-10-11-14-19(23)21-16-13-18-22-17-12-15-20(22)24/h2-18H2,1H3,(H,21,23). The average Bonchev–Trinajstić information content (AvgIpc) is 2.98. The molecule has 0 aromatic carbocycles. The van der Waals surface area contributed by atoms with Crippen LogP contribution in [0.15, 0.2) is 0 Å². The van der Waals surface area contributed by atoms with Crippen LogP contribution in [0.5, 0.6) is 0 Å². The molecule has 4 heteroatoms. The second-order valence-electron chi connectivity index (χ2n) is 7.12. The highest BCUT2D eigenvalue weighted by molar-refractivity contribution is 5.78.